The molecule has 3 rings (SSSR count). The van der Waals surface area contributed by atoms with E-state index in [1.54, 1.807) is 0 Å². The van der Waals surface area contributed by atoms with Gasteiger partial charge in [-0.15, -0.1) is 0 Å². The predicted octanol–water partition coefficient (Wildman–Crippen LogP) is 8.62. The second-order valence-corrected chi connectivity index (χ2v) is 15.0. The summed E-state index contributed by atoms with van der Waals surface area (Å²) in [5.41, 5.74) is 3.55. The van der Waals surface area contributed by atoms with Crippen molar-refractivity contribution in [1.82, 2.24) is 10.2 Å². The molecule has 1 unspecified atom stereocenters. The Morgan fingerprint density at radius 3 is 2.26 bits per heavy atom. The number of hydrogen-bond donors (Lipinski definition) is 2. The van der Waals surface area contributed by atoms with Crippen LogP contribution < -0.4 is 5.32 Å². The number of ketones is 1. The first-order valence-corrected chi connectivity index (χ1v) is 19.3. The van der Waals surface area contributed by atoms with E-state index in [9.17, 15) is 18.9 Å². The van der Waals surface area contributed by atoms with Crippen molar-refractivity contribution in [3.05, 3.63) is 69.2 Å². The number of carbonyl (C=O) groups is 3. The number of hydrogen-bond acceptors (Lipinski definition) is 5. The van der Waals surface area contributed by atoms with Crippen molar-refractivity contribution in [3.63, 3.8) is 0 Å². The number of benzene rings is 2. The van der Waals surface area contributed by atoms with Gasteiger partial charge in [0.25, 0.3) is 0 Å². The van der Waals surface area contributed by atoms with Gasteiger partial charge in [-0.2, -0.15) is 0 Å². The van der Waals surface area contributed by atoms with Crippen molar-refractivity contribution < 1.29 is 28.4 Å². The Bertz CT molecular complexity index is 1350. The van der Waals surface area contributed by atoms with Gasteiger partial charge < -0.3 is 19.6 Å². The molecule has 0 heterocycles. The van der Waals surface area contributed by atoms with Crippen molar-refractivity contribution >= 4 is 48.4 Å². The molecule has 254 valence electrons. The Morgan fingerprint density at radius 2 is 1.54 bits per heavy atom. The highest BCUT2D eigenvalue weighted by Gasteiger charge is 2.32. The minimum Gasteiger partial charge on any atom is -0.356 e. The van der Waals surface area contributed by atoms with E-state index in [1.807, 2.05) is 42.3 Å². The minimum absolute atomic E-state index is 0.0358. The number of unbranched alkanes of at least 4 members (excludes halogenated alkanes) is 6. The summed E-state index contributed by atoms with van der Waals surface area (Å²) in [6, 6.07) is 14.2. The molecule has 3 atom stereocenters. The second kappa shape index (κ2) is 19.6. The van der Waals surface area contributed by atoms with Crippen LogP contribution in [-0.4, -0.2) is 54.3 Å². The Morgan fingerprint density at radius 1 is 0.870 bits per heavy atom. The van der Waals surface area contributed by atoms with E-state index >= 15 is 0 Å². The summed E-state index contributed by atoms with van der Waals surface area (Å²) >= 11 is 12.5. The Hall–Kier alpha value is -2.22. The lowest BCUT2D eigenvalue weighted by Crippen LogP contribution is -2.34. The molecule has 2 aromatic rings. The maximum Gasteiger partial charge on any atom is 0.325 e. The SMILES string of the molecule is CN(C(=O)CCCCCCC(=O)CCC(=O)NCCCCCCOP(C)(=O)O)[C@H]1CC[C@@H](c2ccc(Cl)c(Cl)c2)c2ccccc21. The third-order valence-corrected chi connectivity index (χ3v) is 10.0. The molecule has 2 N–H and O–H groups in total. The monoisotopic (exact) mass is 694 g/mol. The number of nitrogens with one attached hydrogen (secondary N) is 1. The normalized spacial score (nSPS) is 17.2. The van der Waals surface area contributed by atoms with Crippen molar-refractivity contribution in [1.29, 1.82) is 0 Å². The molecule has 0 aliphatic heterocycles. The van der Waals surface area contributed by atoms with Crippen LogP contribution >= 0.6 is 30.8 Å². The van der Waals surface area contributed by atoms with Gasteiger partial charge in [-0.1, -0.05) is 79.2 Å². The molecule has 2 aromatic carbocycles. The Kier molecular flexibility index (Phi) is 16.3. The fourth-order valence-corrected chi connectivity index (χ4v) is 6.83. The van der Waals surface area contributed by atoms with Gasteiger partial charge in [-0.25, -0.2) is 0 Å². The molecule has 0 radical (unpaired) electrons. The first kappa shape index (κ1) is 38.2. The molecule has 0 spiro atoms. The minimum atomic E-state index is -3.40. The van der Waals surface area contributed by atoms with Crippen LogP contribution in [0.15, 0.2) is 42.5 Å². The molecule has 0 saturated carbocycles. The fraction of sp³-hybridized carbons (Fsp3) is 0.571. The highest BCUT2D eigenvalue weighted by Crippen LogP contribution is 2.44. The number of halogens is 2. The Balaban J connectivity index is 1.27. The average molecular weight is 696 g/mol. The number of fused-ring (bicyclic) bond motifs is 1. The second-order valence-electron chi connectivity index (χ2n) is 12.3. The molecule has 46 heavy (non-hydrogen) atoms. The molecule has 2 amide bonds. The van der Waals surface area contributed by atoms with Gasteiger partial charge in [0.15, 0.2) is 0 Å². The van der Waals surface area contributed by atoms with Crippen LogP contribution in [0.2, 0.25) is 10.0 Å². The third kappa shape index (κ3) is 13.1. The zero-order valence-electron chi connectivity index (χ0n) is 27.1. The number of amides is 2. The van der Waals surface area contributed by atoms with Crippen LogP contribution in [0.4, 0.5) is 0 Å². The van der Waals surface area contributed by atoms with E-state index in [0.29, 0.717) is 35.9 Å². The van der Waals surface area contributed by atoms with Gasteiger partial charge >= 0.3 is 7.60 Å². The van der Waals surface area contributed by atoms with Gasteiger partial charge in [-0.05, 0) is 67.3 Å². The zero-order chi connectivity index (χ0) is 33.5. The first-order chi connectivity index (χ1) is 22.0. The van der Waals surface area contributed by atoms with Crippen molar-refractivity contribution in [3.8, 4) is 0 Å². The standard InChI is InChI=1S/C35H49Cl2N2O6P/c1-39(33-21-19-28(29-14-9-10-15-30(29)33)26-17-20-31(36)32(37)25-26)35(42)16-8-4-3-7-13-27(40)18-22-34(41)38-23-11-5-6-12-24-45-46(2,43)44/h9-10,14-15,17,20,25,28,33H,3-8,11-13,16,18-19,21-24H2,1-2H3,(H,38,41)(H,43,44)/t28-,33-/m0/s1. The van der Waals surface area contributed by atoms with Gasteiger partial charge in [0.2, 0.25) is 11.8 Å². The average Bonchev–Trinajstić information content (AvgIpc) is 3.02. The largest absolute Gasteiger partial charge is 0.356 e. The van der Waals surface area contributed by atoms with Crippen LogP contribution in [0, 0.1) is 0 Å². The third-order valence-electron chi connectivity index (χ3n) is 8.62. The highest BCUT2D eigenvalue weighted by atomic mass is 35.5. The van der Waals surface area contributed by atoms with Crippen LogP contribution in [0.3, 0.4) is 0 Å². The maximum atomic E-state index is 13.1. The maximum absolute atomic E-state index is 13.1. The summed E-state index contributed by atoms with van der Waals surface area (Å²) < 4.78 is 15.9. The summed E-state index contributed by atoms with van der Waals surface area (Å²) in [5.74, 6) is 0.331. The molecule has 1 aliphatic rings. The molecule has 11 heteroatoms. The topological polar surface area (TPSA) is 113 Å². The number of Topliss-reactive ketones (excluding diaryl/α,β-unsaturated/α-hetero) is 1. The van der Waals surface area contributed by atoms with E-state index in [0.717, 1.165) is 63.4 Å². The lowest BCUT2D eigenvalue weighted by atomic mass is 9.76. The molecular formula is C35H49Cl2N2O6P. The van der Waals surface area contributed by atoms with Gasteiger partial charge in [0.05, 0.1) is 22.7 Å². The number of carbonyl (C=O) groups excluding carboxylic acids is 3. The van der Waals surface area contributed by atoms with Crippen molar-refractivity contribution in [2.45, 2.75) is 102 Å². The van der Waals surface area contributed by atoms with E-state index < -0.39 is 7.60 Å². The smallest absolute Gasteiger partial charge is 0.325 e. The molecule has 0 saturated heterocycles. The van der Waals surface area contributed by atoms with Crippen LogP contribution in [0.5, 0.6) is 0 Å². The molecule has 8 nitrogen and oxygen atoms in total. The van der Waals surface area contributed by atoms with E-state index in [1.165, 1.54) is 17.8 Å². The van der Waals surface area contributed by atoms with Crippen LogP contribution in [0.1, 0.15) is 119 Å². The molecule has 0 aromatic heterocycles. The van der Waals surface area contributed by atoms with E-state index in [2.05, 4.69) is 17.4 Å². The van der Waals surface area contributed by atoms with Crippen LogP contribution in [-0.2, 0) is 23.5 Å². The molecule has 0 bridgehead atoms. The van der Waals surface area contributed by atoms with Gasteiger partial charge in [0.1, 0.15) is 5.78 Å². The quantitative estimate of drug-likeness (QED) is 0.106. The summed E-state index contributed by atoms with van der Waals surface area (Å²) in [7, 11) is -1.50. The van der Waals surface area contributed by atoms with Gasteiger partial charge in [0, 0.05) is 51.9 Å². The lowest BCUT2D eigenvalue weighted by molar-refractivity contribution is -0.132. The summed E-state index contributed by atoms with van der Waals surface area (Å²) in [5, 5.41) is 3.95. The summed E-state index contributed by atoms with van der Waals surface area (Å²) in [4.78, 5) is 48.4. The lowest BCUT2D eigenvalue weighted by Gasteiger charge is -2.37. The number of rotatable bonds is 20. The highest BCUT2D eigenvalue weighted by molar-refractivity contribution is 7.51. The zero-order valence-corrected chi connectivity index (χ0v) is 29.6. The molecular weight excluding hydrogens is 646 g/mol. The van der Waals surface area contributed by atoms with Crippen molar-refractivity contribution in [2.24, 2.45) is 0 Å². The molecule has 1 aliphatic carbocycles. The Labute approximate surface area is 284 Å². The van der Waals surface area contributed by atoms with Crippen LogP contribution in [0.25, 0.3) is 0 Å². The van der Waals surface area contributed by atoms with Gasteiger partial charge in [-0.3, -0.25) is 18.9 Å². The number of nitrogens with zero attached hydrogens (tertiary/aromatic N) is 1. The summed E-state index contributed by atoms with van der Waals surface area (Å²) in [6.07, 6.45) is 9.77. The predicted molar refractivity (Wildman–Crippen MR) is 185 cm³/mol. The molecule has 0 fully saturated rings. The summed E-state index contributed by atoms with van der Waals surface area (Å²) in [6.45, 7) is 1.99. The van der Waals surface area contributed by atoms with E-state index in [-0.39, 0.29) is 49.0 Å². The van der Waals surface area contributed by atoms with E-state index in [4.69, 9.17) is 32.6 Å². The first-order valence-electron chi connectivity index (χ1n) is 16.5. The fourth-order valence-electron chi connectivity index (χ4n) is 6.06. The van der Waals surface area contributed by atoms with Crippen molar-refractivity contribution in [2.75, 3.05) is 26.9 Å².